The van der Waals surface area contributed by atoms with E-state index in [0.717, 1.165) is 19.4 Å². The van der Waals surface area contributed by atoms with E-state index in [1.807, 2.05) is 14.1 Å². The lowest BCUT2D eigenvalue weighted by Crippen LogP contribution is -2.27. The van der Waals surface area contributed by atoms with E-state index in [4.69, 9.17) is 5.84 Å². The van der Waals surface area contributed by atoms with Crippen LogP contribution in [0.15, 0.2) is 18.2 Å². The third-order valence-corrected chi connectivity index (χ3v) is 2.95. The molecule has 0 aromatic heterocycles. The highest BCUT2D eigenvalue weighted by atomic mass is 16.6. The van der Waals surface area contributed by atoms with Gasteiger partial charge in [-0.15, -0.1) is 0 Å². The van der Waals surface area contributed by atoms with Gasteiger partial charge in [0, 0.05) is 12.6 Å². The summed E-state index contributed by atoms with van der Waals surface area (Å²) in [6.45, 7) is 1.46. The summed E-state index contributed by atoms with van der Waals surface area (Å²) in [7, 11) is 3.97. The lowest BCUT2D eigenvalue weighted by molar-refractivity contribution is -0.384. The quantitative estimate of drug-likeness (QED) is 0.285. The molecule has 21 heavy (non-hydrogen) atoms. The molecule has 0 aliphatic heterocycles. The molecule has 0 aliphatic carbocycles. The van der Waals surface area contributed by atoms with Crippen molar-refractivity contribution in [3.63, 3.8) is 0 Å². The number of hydrogen-bond acceptors (Lipinski definition) is 6. The van der Waals surface area contributed by atoms with E-state index in [2.05, 4.69) is 15.6 Å². The van der Waals surface area contributed by atoms with E-state index >= 15 is 0 Å². The first kappa shape index (κ1) is 16.9. The number of unbranched alkanes of at least 4 members (excludes halogenated alkanes) is 1. The summed E-state index contributed by atoms with van der Waals surface area (Å²) >= 11 is 0. The second-order valence-electron chi connectivity index (χ2n) is 4.87. The van der Waals surface area contributed by atoms with Gasteiger partial charge in [0.2, 0.25) is 0 Å². The summed E-state index contributed by atoms with van der Waals surface area (Å²) in [6.07, 6.45) is 1.80. The topological polar surface area (TPSA) is 114 Å². The maximum atomic E-state index is 12.1. The van der Waals surface area contributed by atoms with Crippen LogP contribution in [0.5, 0.6) is 0 Å². The van der Waals surface area contributed by atoms with Gasteiger partial charge in [-0.25, -0.2) is 0 Å². The number of nitrogen functional groups attached to an aromatic ring is 1. The number of rotatable bonds is 8. The number of hydrogen-bond donors (Lipinski definition) is 3. The Balaban J connectivity index is 2.66. The summed E-state index contributed by atoms with van der Waals surface area (Å²) in [5, 5.41) is 13.6. The summed E-state index contributed by atoms with van der Waals surface area (Å²) in [6, 6.07) is 4.25. The lowest BCUT2D eigenvalue weighted by atomic mass is 10.1. The van der Waals surface area contributed by atoms with Crippen LogP contribution in [0.4, 0.5) is 11.4 Å². The Kier molecular flexibility index (Phi) is 6.57. The molecule has 0 saturated carbocycles. The third-order valence-electron chi connectivity index (χ3n) is 2.95. The van der Waals surface area contributed by atoms with Gasteiger partial charge in [0.15, 0.2) is 0 Å². The Labute approximate surface area is 123 Å². The van der Waals surface area contributed by atoms with E-state index in [-0.39, 0.29) is 22.8 Å². The lowest BCUT2D eigenvalue weighted by Gasteiger charge is -2.11. The van der Waals surface area contributed by atoms with Crippen molar-refractivity contribution in [2.24, 2.45) is 5.84 Å². The predicted molar refractivity (Wildman–Crippen MR) is 81.0 cm³/mol. The van der Waals surface area contributed by atoms with Crippen molar-refractivity contribution < 1.29 is 9.72 Å². The van der Waals surface area contributed by atoms with E-state index < -0.39 is 4.92 Å². The van der Waals surface area contributed by atoms with Crippen LogP contribution < -0.4 is 16.6 Å². The minimum atomic E-state index is -0.580. The Morgan fingerprint density at radius 2 is 2.10 bits per heavy atom. The third kappa shape index (κ3) is 5.01. The van der Waals surface area contributed by atoms with Crippen molar-refractivity contribution in [1.82, 2.24) is 10.2 Å². The monoisotopic (exact) mass is 295 g/mol. The van der Waals surface area contributed by atoms with Gasteiger partial charge in [-0.3, -0.25) is 20.8 Å². The largest absolute Gasteiger partial charge is 0.352 e. The van der Waals surface area contributed by atoms with Crippen molar-refractivity contribution in [2.45, 2.75) is 12.8 Å². The molecule has 1 amide bonds. The first-order valence-electron chi connectivity index (χ1n) is 6.64. The van der Waals surface area contributed by atoms with Crippen molar-refractivity contribution >= 4 is 17.3 Å². The molecule has 0 atom stereocenters. The SMILES string of the molecule is CN(C)CCCCNC(=O)c1cccc([N+](=O)[O-])c1NN. The molecule has 8 nitrogen and oxygen atoms in total. The molecule has 0 fully saturated rings. The number of anilines is 1. The van der Waals surface area contributed by atoms with Crippen molar-refractivity contribution in [2.75, 3.05) is 32.6 Å². The van der Waals surface area contributed by atoms with Crippen molar-refractivity contribution in [3.05, 3.63) is 33.9 Å². The zero-order valence-corrected chi connectivity index (χ0v) is 12.3. The van der Waals surface area contributed by atoms with Crippen LogP contribution in [0.2, 0.25) is 0 Å². The van der Waals surface area contributed by atoms with E-state index in [1.165, 1.54) is 18.2 Å². The van der Waals surface area contributed by atoms with Gasteiger partial charge in [0.1, 0.15) is 5.69 Å². The first-order valence-corrected chi connectivity index (χ1v) is 6.64. The fourth-order valence-corrected chi connectivity index (χ4v) is 1.88. The molecule has 0 spiro atoms. The van der Waals surface area contributed by atoms with Gasteiger partial charge in [-0.05, 0) is 39.5 Å². The maximum absolute atomic E-state index is 12.1. The standard InChI is InChI=1S/C13H21N5O3/c1-17(2)9-4-3-8-15-13(19)10-6-5-7-11(18(20)21)12(10)16-14/h5-7,16H,3-4,8-9,14H2,1-2H3,(H,15,19). The maximum Gasteiger partial charge on any atom is 0.294 e. The minimum absolute atomic E-state index is 0.0216. The van der Waals surface area contributed by atoms with Gasteiger partial charge >= 0.3 is 0 Å². The summed E-state index contributed by atoms with van der Waals surface area (Å²) < 4.78 is 0. The van der Waals surface area contributed by atoms with Crippen molar-refractivity contribution in [3.8, 4) is 0 Å². The van der Waals surface area contributed by atoms with Gasteiger partial charge in [-0.2, -0.15) is 0 Å². The molecule has 0 saturated heterocycles. The number of carbonyl (C=O) groups excluding carboxylic acids is 1. The number of nitrogens with two attached hydrogens (primary N) is 1. The minimum Gasteiger partial charge on any atom is -0.352 e. The highest BCUT2D eigenvalue weighted by Gasteiger charge is 2.20. The predicted octanol–water partition coefficient (Wildman–Crippen LogP) is 0.952. The Hall–Kier alpha value is -2.19. The van der Waals surface area contributed by atoms with Crippen LogP contribution in [-0.2, 0) is 0 Å². The van der Waals surface area contributed by atoms with Gasteiger partial charge in [-0.1, -0.05) is 6.07 Å². The molecule has 8 heteroatoms. The molecule has 4 N–H and O–H groups in total. The molecule has 1 aromatic carbocycles. The average Bonchev–Trinajstić information content (AvgIpc) is 2.45. The number of nitrogens with zero attached hydrogens (tertiary/aromatic N) is 2. The second-order valence-corrected chi connectivity index (χ2v) is 4.87. The van der Waals surface area contributed by atoms with E-state index in [0.29, 0.717) is 6.54 Å². The smallest absolute Gasteiger partial charge is 0.294 e. The van der Waals surface area contributed by atoms with Crippen LogP contribution >= 0.6 is 0 Å². The average molecular weight is 295 g/mol. The van der Waals surface area contributed by atoms with Gasteiger partial charge < -0.3 is 15.6 Å². The summed E-state index contributed by atoms with van der Waals surface area (Å²) in [5.41, 5.74) is 2.20. The van der Waals surface area contributed by atoms with E-state index in [9.17, 15) is 14.9 Å². The van der Waals surface area contributed by atoms with Crippen molar-refractivity contribution in [1.29, 1.82) is 0 Å². The second kappa shape index (κ2) is 8.18. The molecular formula is C13H21N5O3. The normalized spacial score (nSPS) is 10.5. The van der Waals surface area contributed by atoms with Gasteiger partial charge in [0.25, 0.3) is 11.6 Å². The molecule has 116 valence electrons. The number of nitro groups is 1. The molecule has 0 heterocycles. The highest BCUT2D eigenvalue weighted by Crippen LogP contribution is 2.27. The van der Waals surface area contributed by atoms with Crippen LogP contribution in [-0.4, -0.2) is 42.9 Å². The summed E-state index contributed by atoms with van der Waals surface area (Å²) in [4.78, 5) is 24.4. The zero-order valence-electron chi connectivity index (χ0n) is 12.3. The Bertz CT molecular complexity index is 505. The molecular weight excluding hydrogens is 274 g/mol. The molecule has 0 unspecified atom stereocenters. The fourth-order valence-electron chi connectivity index (χ4n) is 1.88. The number of para-hydroxylation sites is 1. The Morgan fingerprint density at radius 3 is 2.67 bits per heavy atom. The van der Waals surface area contributed by atoms with Crippen LogP contribution in [0.1, 0.15) is 23.2 Å². The number of amides is 1. The highest BCUT2D eigenvalue weighted by molar-refractivity contribution is 6.01. The number of benzene rings is 1. The number of hydrazine groups is 1. The van der Waals surface area contributed by atoms with Gasteiger partial charge in [0.05, 0.1) is 10.5 Å². The van der Waals surface area contributed by atoms with E-state index in [1.54, 1.807) is 0 Å². The number of nitrogens with one attached hydrogen (secondary N) is 2. The molecule has 1 aromatic rings. The first-order chi connectivity index (χ1) is 9.97. The number of nitro benzene ring substituents is 1. The molecule has 0 radical (unpaired) electrons. The van der Waals surface area contributed by atoms with Crippen LogP contribution in [0, 0.1) is 10.1 Å². The molecule has 0 bridgehead atoms. The molecule has 0 aliphatic rings. The van der Waals surface area contributed by atoms with Crippen LogP contribution in [0.25, 0.3) is 0 Å². The zero-order chi connectivity index (χ0) is 15.8. The number of carbonyl (C=O) groups is 1. The molecule has 1 rings (SSSR count). The van der Waals surface area contributed by atoms with Crippen LogP contribution in [0.3, 0.4) is 0 Å². The fraction of sp³-hybridized carbons (Fsp3) is 0.462. The summed E-state index contributed by atoms with van der Waals surface area (Å²) in [5.74, 6) is 4.92. The Morgan fingerprint density at radius 1 is 1.38 bits per heavy atom.